The van der Waals surface area contributed by atoms with E-state index in [1.807, 2.05) is 13.8 Å². The molecule has 0 spiro atoms. The highest BCUT2D eigenvalue weighted by Crippen LogP contribution is 2.51. The van der Waals surface area contributed by atoms with Gasteiger partial charge in [-0.1, -0.05) is 6.07 Å². The Labute approximate surface area is 235 Å². The van der Waals surface area contributed by atoms with Crippen LogP contribution in [-0.2, 0) is 16.0 Å². The predicted molar refractivity (Wildman–Crippen MR) is 142 cm³/mol. The van der Waals surface area contributed by atoms with Gasteiger partial charge in [0.1, 0.15) is 23.6 Å². The zero-order chi connectivity index (χ0) is 29.5. The van der Waals surface area contributed by atoms with Gasteiger partial charge in [-0.3, -0.25) is 19.1 Å². The van der Waals surface area contributed by atoms with Crippen molar-refractivity contribution in [2.45, 2.75) is 83.1 Å². The summed E-state index contributed by atoms with van der Waals surface area (Å²) >= 11 is 0. The molecule has 2 unspecified atom stereocenters. The van der Waals surface area contributed by atoms with E-state index in [1.54, 1.807) is 10.7 Å². The highest BCUT2D eigenvalue weighted by atomic mass is 19.4. The summed E-state index contributed by atoms with van der Waals surface area (Å²) in [5, 5.41) is 9.72. The highest BCUT2D eigenvalue weighted by Gasteiger charge is 2.49. The van der Waals surface area contributed by atoms with E-state index in [2.05, 4.69) is 15.7 Å². The normalized spacial score (nSPS) is 20.0. The van der Waals surface area contributed by atoms with Gasteiger partial charge in [-0.15, -0.1) is 0 Å². The van der Waals surface area contributed by atoms with E-state index < -0.39 is 41.8 Å². The number of hydrogen-bond acceptors (Lipinski definition) is 4. The van der Waals surface area contributed by atoms with E-state index in [0.717, 1.165) is 36.6 Å². The van der Waals surface area contributed by atoms with Crippen molar-refractivity contribution in [3.63, 3.8) is 0 Å². The van der Waals surface area contributed by atoms with Crippen molar-refractivity contribution in [3.05, 3.63) is 47.5 Å². The number of nitrogens with zero attached hydrogens (tertiary/aromatic N) is 3. The van der Waals surface area contributed by atoms with Gasteiger partial charge in [-0.05, 0) is 93.9 Å². The number of likely N-dealkylation sites (tertiary alicyclic amines) is 1. The van der Waals surface area contributed by atoms with Crippen molar-refractivity contribution >= 4 is 23.4 Å². The summed E-state index contributed by atoms with van der Waals surface area (Å²) < 4.78 is 56.5. The van der Waals surface area contributed by atoms with Crippen LogP contribution in [0.5, 0.6) is 0 Å². The Morgan fingerprint density at radius 2 is 1.73 bits per heavy atom. The fraction of sp³-hybridized carbons (Fsp3) is 0.586. The average molecular weight is 578 g/mol. The van der Waals surface area contributed by atoms with Crippen molar-refractivity contribution < 1.29 is 31.9 Å². The fourth-order valence-electron chi connectivity index (χ4n) is 6.01. The molecule has 1 saturated heterocycles. The molecular weight excluding hydrogens is 542 g/mol. The third-order valence-corrected chi connectivity index (χ3v) is 8.28. The minimum Gasteiger partial charge on any atom is -0.339 e. The molecule has 2 aromatic rings. The van der Waals surface area contributed by atoms with Crippen LogP contribution in [0.25, 0.3) is 0 Å². The second kappa shape index (κ2) is 11.4. The smallest absolute Gasteiger partial charge is 0.339 e. The number of nitrogens with one attached hydrogen (secondary N) is 2. The first kappa shape index (κ1) is 29.1. The predicted octanol–water partition coefficient (Wildman–Crippen LogP) is 4.87. The number of rotatable bonds is 10. The number of benzene rings is 1. The summed E-state index contributed by atoms with van der Waals surface area (Å²) in [6.45, 7) is 3.80. The van der Waals surface area contributed by atoms with E-state index in [9.17, 15) is 27.6 Å². The van der Waals surface area contributed by atoms with Gasteiger partial charge in [0.15, 0.2) is 0 Å². The first-order valence-corrected chi connectivity index (χ1v) is 14.2. The molecule has 12 heteroatoms. The van der Waals surface area contributed by atoms with Crippen molar-refractivity contribution in [1.82, 2.24) is 20.0 Å². The second-order valence-electron chi connectivity index (χ2n) is 11.7. The Morgan fingerprint density at radius 3 is 2.32 bits per heavy atom. The molecule has 1 aromatic carbocycles. The Hall–Kier alpha value is -3.44. The molecule has 2 atom stereocenters. The van der Waals surface area contributed by atoms with E-state index in [1.165, 1.54) is 18.3 Å². The van der Waals surface area contributed by atoms with Gasteiger partial charge in [0.25, 0.3) is 5.91 Å². The van der Waals surface area contributed by atoms with Gasteiger partial charge < -0.3 is 15.5 Å². The van der Waals surface area contributed by atoms with Crippen molar-refractivity contribution in [2.75, 3.05) is 11.9 Å². The Morgan fingerprint density at radius 1 is 1.05 bits per heavy atom. The Balaban J connectivity index is 1.30. The van der Waals surface area contributed by atoms with Crippen LogP contribution in [0.4, 0.5) is 23.2 Å². The minimum absolute atomic E-state index is 0.00779. The summed E-state index contributed by atoms with van der Waals surface area (Å²) in [7, 11) is 0. The second-order valence-corrected chi connectivity index (χ2v) is 11.7. The van der Waals surface area contributed by atoms with Gasteiger partial charge in [0.05, 0.1) is 12.1 Å². The SMILES string of the molecule is CC(C)n1nccc1C(=O)NC(C(=O)Nc1ccc(CC(=O)N2CCCC2C(F)(F)F)cc1F)C(C1CC1)C1CC1. The van der Waals surface area contributed by atoms with Crippen molar-refractivity contribution in [1.29, 1.82) is 0 Å². The molecule has 5 rings (SSSR count). The molecule has 2 heterocycles. The molecular formula is C29H35F4N5O3. The monoisotopic (exact) mass is 577 g/mol. The van der Waals surface area contributed by atoms with Crippen LogP contribution < -0.4 is 10.6 Å². The van der Waals surface area contributed by atoms with E-state index >= 15 is 4.39 Å². The maximum atomic E-state index is 15.1. The number of alkyl halides is 3. The minimum atomic E-state index is -4.51. The number of halogens is 4. The first-order chi connectivity index (χ1) is 19.4. The molecule has 3 amide bonds. The summed E-state index contributed by atoms with van der Waals surface area (Å²) in [6.07, 6.45) is 0.614. The molecule has 2 saturated carbocycles. The molecule has 3 aliphatic rings. The molecule has 2 N–H and O–H groups in total. The number of aromatic nitrogens is 2. The van der Waals surface area contributed by atoms with Crippen LogP contribution in [0.15, 0.2) is 30.5 Å². The topological polar surface area (TPSA) is 96.3 Å². The number of carbonyl (C=O) groups excluding carboxylic acids is 3. The number of anilines is 1. The van der Waals surface area contributed by atoms with Crippen LogP contribution in [0.1, 0.15) is 74.5 Å². The van der Waals surface area contributed by atoms with Crippen LogP contribution in [0, 0.1) is 23.6 Å². The van der Waals surface area contributed by atoms with Gasteiger partial charge in [0.2, 0.25) is 11.8 Å². The fourth-order valence-corrected chi connectivity index (χ4v) is 6.01. The van der Waals surface area contributed by atoms with Gasteiger partial charge in [-0.25, -0.2) is 4.39 Å². The van der Waals surface area contributed by atoms with Crippen LogP contribution in [0.2, 0.25) is 0 Å². The standard InChI is InChI=1S/C29H35F4N5O3/c1-16(2)38-22(11-12-34-38)27(40)36-26(25(18-6-7-18)19-8-9-19)28(41)35-21-10-5-17(14-20(21)30)15-24(39)37-13-3-4-23(37)29(31,32)33/h5,10-12,14,16,18-19,23,25-26H,3-4,6-9,13,15H2,1-2H3,(H,35,41)(H,36,40). The molecule has 3 fully saturated rings. The summed E-state index contributed by atoms with van der Waals surface area (Å²) in [5.41, 5.74) is 0.408. The lowest BCUT2D eigenvalue weighted by Crippen LogP contribution is -2.50. The molecule has 1 aliphatic heterocycles. The first-order valence-electron chi connectivity index (χ1n) is 14.2. The Kier molecular flexibility index (Phi) is 8.11. The van der Waals surface area contributed by atoms with Crippen molar-refractivity contribution in [3.8, 4) is 0 Å². The molecule has 0 radical (unpaired) electrons. The van der Waals surface area contributed by atoms with E-state index in [0.29, 0.717) is 17.5 Å². The third kappa shape index (κ3) is 6.56. The average Bonchev–Trinajstić information content (AvgIpc) is 3.81. The van der Waals surface area contributed by atoms with Crippen LogP contribution >= 0.6 is 0 Å². The summed E-state index contributed by atoms with van der Waals surface area (Å²) in [6, 6.07) is 2.60. The highest BCUT2D eigenvalue weighted by molar-refractivity contribution is 6.01. The molecule has 8 nitrogen and oxygen atoms in total. The molecule has 41 heavy (non-hydrogen) atoms. The van der Waals surface area contributed by atoms with E-state index in [4.69, 9.17) is 0 Å². The Bertz CT molecular complexity index is 1290. The van der Waals surface area contributed by atoms with Gasteiger partial charge in [-0.2, -0.15) is 18.3 Å². The molecule has 1 aromatic heterocycles. The van der Waals surface area contributed by atoms with Crippen molar-refractivity contribution in [2.24, 2.45) is 17.8 Å². The van der Waals surface area contributed by atoms with Gasteiger partial charge >= 0.3 is 6.18 Å². The maximum absolute atomic E-state index is 15.1. The van der Waals surface area contributed by atoms with Crippen LogP contribution in [0.3, 0.4) is 0 Å². The maximum Gasteiger partial charge on any atom is 0.408 e. The lowest BCUT2D eigenvalue weighted by molar-refractivity contribution is -0.182. The third-order valence-electron chi connectivity index (χ3n) is 8.28. The molecule has 2 aliphatic carbocycles. The van der Waals surface area contributed by atoms with Crippen LogP contribution in [-0.4, -0.2) is 57.2 Å². The lowest BCUT2D eigenvalue weighted by atomic mass is 9.88. The van der Waals surface area contributed by atoms with Gasteiger partial charge in [0, 0.05) is 18.8 Å². The molecule has 0 bridgehead atoms. The number of carbonyl (C=O) groups is 3. The lowest BCUT2D eigenvalue weighted by Gasteiger charge is -2.28. The number of hydrogen-bond donors (Lipinski definition) is 2. The molecule has 222 valence electrons. The quantitative estimate of drug-likeness (QED) is 0.394. The summed E-state index contributed by atoms with van der Waals surface area (Å²) in [4.78, 5) is 40.3. The zero-order valence-electron chi connectivity index (χ0n) is 23.1. The number of amides is 3. The van der Waals surface area contributed by atoms with E-state index in [-0.39, 0.29) is 49.0 Å². The summed E-state index contributed by atoms with van der Waals surface area (Å²) in [5.74, 6) is -1.97. The largest absolute Gasteiger partial charge is 0.408 e. The zero-order valence-corrected chi connectivity index (χ0v) is 23.1.